The second kappa shape index (κ2) is 8.01. The topological polar surface area (TPSA) is 80.6 Å². The zero-order valence-electron chi connectivity index (χ0n) is 13.6. The van der Waals surface area contributed by atoms with E-state index in [-0.39, 0.29) is 5.92 Å². The number of nitrogens with one attached hydrogen (secondary N) is 2. The maximum absolute atomic E-state index is 12.4. The molecule has 0 aliphatic heterocycles. The first kappa shape index (κ1) is 18.1. The third-order valence-electron chi connectivity index (χ3n) is 3.36. The fraction of sp³-hybridized carbons (Fsp3) is 0.294. The van der Waals surface area contributed by atoms with Crippen molar-refractivity contribution >= 4 is 27.7 Å². The number of hydrogen-bond donors (Lipinski definition) is 2. The van der Waals surface area contributed by atoms with Crippen molar-refractivity contribution in [3.05, 3.63) is 52.4 Å². The van der Waals surface area contributed by atoms with E-state index in [1.54, 1.807) is 13.0 Å². The highest BCUT2D eigenvalue weighted by atomic mass is 79.9. The number of furan rings is 1. The summed E-state index contributed by atoms with van der Waals surface area (Å²) in [5, 5.41) is 0. The second-order valence-electron chi connectivity index (χ2n) is 5.55. The van der Waals surface area contributed by atoms with Crippen molar-refractivity contribution in [2.24, 2.45) is 5.92 Å². The van der Waals surface area contributed by atoms with Gasteiger partial charge in [0, 0.05) is 0 Å². The van der Waals surface area contributed by atoms with Crippen LogP contribution in [0.2, 0.25) is 0 Å². The van der Waals surface area contributed by atoms with Crippen molar-refractivity contribution in [2.75, 3.05) is 0 Å². The van der Waals surface area contributed by atoms with Crippen LogP contribution < -0.4 is 15.6 Å². The Bertz CT molecular complexity index is 727. The number of carbonyl (C=O) groups excluding carboxylic acids is 2. The third-order valence-corrected chi connectivity index (χ3v) is 4.01. The average Bonchev–Trinajstić information content (AvgIpc) is 2.97. The van der Waals surface area contributed by atoms with Crippen LogP contribution in [0.5, 0.6) is 5.75 Å². The number of halogens is 1. The van der Waals surface area contributed by atoms with Gasteiger partial charge in [-0.3, -0.25) is 20.4 Å². The van der Waals surface area contributed by atoms with E-state index in [0.717, 1.165) is 4.47 Å². The Morgan fingerprint density at radius 1 is 1.17 bits per heavy atom. The maximum atomic E-state index is 12.4. The Labute approximate surface area is 148 Å². The van der Waals surface area contributed by atoms with Gasteiger partial charge in [-0.1, -0.05) is 26.0 Å². The Kier molecular flexibility index (Phi) is 6.03. The number of hydrogen-bond acceptors (Lipinski definition) is 4. The standard InChI is InChI=1S/C17H19BrN2O4/c1-10(2)15(24-14-7-5-4-6-13(14)18)17(22)20-19-16(21)12-8-9-23-11(12)3/h4-10,15H,1-3H3,(H,19,21)(H,20,22). The molecule has 1 unspecified atom stereocenters. The molecule has 0 bridgehead atoms. The maximum Gasteiger partial charge on any atom is 0.279 e. The van der Waals surface area contributed by atoms with Gasteiger partial charge in [0.2, 0.25) is 0 Å². The fourth-order valence-electron chi connectivity index (χ4n) is 2.05. The highest BCUT2D eigenvalue weighted by Gasteiger charge is 2.25. The van der Waals surface area contributed by atoms with Gasteiger partial charge in [-0.2, -0.15) is 0 Å². The van der Waals surface area contributed by atoms with Crippen LogP contribution in [-0.4, -0.2) is 17.9 Å². The summed E-state index contributed by atoms with van der Waals surface area (Å²) in [4.78, 5) is 24.4. The predicted molar refractivity (Wildman–Crippen MR) is 92.4 cm³/mol. The quantitative estimate of drug-likeness (QED) is 0.762. The van der Waals surface area contributed by atoms with Crippen LogP contribution in [-0.2, 0) is 4.79 Å². The second-order valence-corrected chi connectivity index (χ2v) is 6.40. The summed E-state index contributed by atoms with van der Waals surface area (Å²) in [6.45, 7) is 5.40. The molecule has 0 saturated carbocycles. The van der Waals surface area contributed by atoms with Gasteiger partial charge in [0.05, 0.1) is 16.3 Å². The largest absolute Gasteiger partial charge is 0.479 e. The first-order chi connectivity index (χ1) is 11.4. The van der Waals surface area contributed by atoms with E-state index in [1.807, 2.05) is 32.0 Å². The lowest BCUT2D eigenvalue weighted by molar-refractivity contribution is -0.130. The Balaban J connectivity index is 2.01. The van der Waals surface area contributed by atoms with Crippen LogP contribution in [0.1, 0.15) is 30.0 Å². The smallest absolute Gasteiger partial charge is 0.279 e. The van der Waals surface area contributed by atoms with Gasteiger partial charge in [0.15, 0.2) is 6.10 Å². The SMILES string of the molecule is Cc1occc1C(=O)NNC(=O)C(Oc1ccccc1Br)C(C)C. The summed E-state index contributed by atoms with van der Waals surface area (Å²) in [5.74, 6) is 0.0629. The van der Waals surface area contributed by atoms with Crippen molar-refractivity contribution in [3.63, 3.8) is 0 Å². The number of amides is 2. The molecular formula is C17H19BrN2O4. The molecule has 0 spiro atoms. The molecule has 2 N–H and O–H groups in total. The van der Waals surface area contributed by atoms with E-state index in [2.05, 4.69) is 26.8 Å². The fourth-order valence-corrected chi connectivity index (χ4v) is 2.43. The molecule has 24 heavy (non-hydrogen) atoms. The van der Waals surface area contributed by atoms with Gasteiger partial charge in [-0.15, -0.1) is 0 Å². The molecule has 1 aromatic carbocycles. The van der Waals surface area contributed by atoms with Crippen LogP contribution in [0.3, 0.4) is 0 Å². The lowest BCUT2D eigenvalue weighted by atomic mass is 10.1. The normalized spacial score (nSPS) is 11.9. The molecule has 0 aliphatic carbocycles. The average molecular weight is 395 g/mol. The van der Waals surface area contributed by atoms with Crippen molar-refractivity contribution in [2.45, 2.75) is 26.9 Å². The van der Waals surface area contributed by atoms with E-state index < -0.39 is 17.9 Å². The van der Waals surface area contributed by atoms with Crippen molar-refractivity contribution in [3.8, 4) is 5.75 Å². The number of para-hydroxylation sites is 1. The first-order valence-corrected chi connectivity index (χ1v) is 8.25. The van der Waals surface area contributed by atoms with Gasteiger partial charge < -0.3 is 9.15 Å². The number of benzene rings is 1. The van der Waals surface area contributed by atoms with Crippen LogP contribution in [0.4, 0.5) is 0 Å². The van der Waals surface area contributed by atoms with Gasteiger partial charge >= 0.3 is 0 Å². The van der Waals surface area contributed by atoms with Gasteiger partial charge in [-0.25, -0.2) is 0 Å². The van der Waals surface area contributed by atoms with Crippen LogP contribution >= 0.6 is 15.9 Å². The summed E-state index contributed by atoms with van der Waals surface area (Å²) in [6, 6.07) is 8.80. The van der Waals surface area contributed by atoms with Gasteiger partial charge in [0.25, 0.3) is 11.8 Å². The number of aryl methyl sites for hydroxylation is 1. The number of carbonyl (C=O) groups is 2. The molecule has 0 aliphatic rings. The van der Waals surface area contributed by atoms with Crippen LogP contribution in [0.25, 0.3) is 0 Å². The summed E-state index contributed by atoms with van der Waals surface area (Å²) in [6.07, 6.45) is 0.661. The summed E-state index contributed by atoms with van der Waals surface area (Å²) < 4.78 is 11.6. The van der Waals surface area contributed by atoms with E-state index in [4.69, 9.17) is 9.15 Å². The lowest BCUT2D eigenvalue weighted by Gasteiger charge is -2.22. The third kappa shape index (κ3) is 4.38. The van der Waals surface area contributed by atoms with E-state index in [9.17, 15) is 9.59 Å². The van der Waals surface area contributed by atoms with E-state index >= 15 is 0 Å². The molecule has 128 valence electrons. The van der Waals surface area contributed by atoms with E-state index in [0.29, 0.717) is 17.1 Å². The molecule has 0 fully saturated rings. The minimum absolute atomic E-state index is 0.0929. The highest BCUT2D eigenvalue weighted by molar-refractivity contribution is 9.10. The van der Waals surface area contributed by atoms with Crippen molar-refractivity contribution in [1.29, 1.82) is 0 Å². The van der Waals surface area contributed by atoms with Crippen LogP contribution in [0, 0.1) is 12.8 Å². The number of ether oxygens (including phenoxy) is 1. The molecule has 0 radical (unpaired) electrons. The predicted octanol–water partition coefficient (Wildman–Crippen LogP) is 3.22. The van der Waals surface area contributed by atoms with E-state index in [1.165, 1.54) is 12.3 Å². The summed E-state index contributed by atoms with van der Waals surface area (Å²) in [7, 11) is 0. The lowest BCUT2D eigenvalue weighted by Crippen LogP contribution is -2.49. The van der Waals surface area contributed by atoms with Gasteiger partial charge in [0.1, 0.15) is 11.5 Å². The first-order valence-electron chi connectivity index (χ1n) is 7.45. The number of hydrazine groups is 1. The molecule has 2 rings (SSSR count). The number of rotatable bonds is 5. The molecule has 2 amide bonds. The minimum Gasteiger partial charge on any atom is -0.479 e. The Morgan fingerprint density at radius 2 is 1.88 bits per heavy atom. The summed E-state index contributed by atoms with van der Waals surface area (Å²) in [5.41, 5.74) is 5.13. The minimum atomic E-state index is -0.755. The zero-order chi connectivity index (χ0) is 17.7. The zero-order valence-corrected chi connectivity index (χ0v) is 15.2. The van der Waals surface area contributed by atoms with Crippen molar-refractivity contribution in [1.82, 2.24) is 10.9 Å². The monoisotopic (exact) mass is 394 g/mol. The molecule has 6 nitrogen and oxygen atoms in total. The van der Waals surface area contributed by atoms with Crippen LogP contribution in [0.15, 0.2) is 45.5 Å². The van der Waals surface area contributed by atoms with Crippen molar-refractivity contribution < 1.29 is 18.7 Å². The Morgan fingerprint density at radius 3 is 2.46 bits per heavy atom. The molecule has 2 aromatic rings. The molecule has 1 aromatic heterocycles. The molecule has 0 saturated heterocycles. The molecule has 1 heterocycles. The highest BCUT2D eigenvalue weighted by Crippen LogP contribution is 2.26. The Hall–Kier alpha value is -2.28. The molecule has 7 heteroatoms. The van der Waals surface area contributed by atoms with Gasteiger partial charge in [-0.05, 0) is 47.0 Å². The molecular weight excluding hydrogens is 376 g/mol. The molecule has 1 atom stereocenters. The summed E-state index contributed by atoms with van der Waals surface area (Å²) >= 11 is 3.38.